The summed E-state index contributed by atoms with van der Waals surface area (Å²) in [4.78, 5) is 0.143. The second-order valence-electron chi connectivity index (χ2n) is 3.76. The summed E-state index contributed by atoms with van der Waals surface area (Å²) < 4.78 is 31.0. The van der Waals surface area contributed by atoms with Crippen LogP contribution in [-0.2, 0) is 0 Å². The van der Waals surface area contributed by atoms with E-state index in [4.69, 9.17) is 16.3 Å². The summed E-state index contributed by atoms with van der Waals surface area (Å²) in [7, 11) is 0. The van der Waals surface area contributed by atoms with Crippen molar-refractivity contribution < 1.29 is 18.4 Å². The highest BCUT2D eigenvalue weighted by atomic mass is 35.5. The molecule has 1 aromatic heterocycles. The molecule has 2 rings (SSSR count). The first kappa shape index (κ1) is 13.5. The van der Waals surface area contributed by atoms with Crippen molar-refractivity contribution in [1.82, 2.24) is 5.10 Å². The van der Waals surface area contributed by atoms with Gasteiger partial charge in [-0.1, -0.05) is 23.7 Å². The number of nitrogens with zero attached hydrogens (tertiary/aromatic N) is 2. The fourth-order valence-electron chi connectivity index (χ4n) is 1.54. The smallest absolute Gasteiger partial charge is 0.411 e. The van der Waals surface area contributed by atoms with Crippen molar-refractivity contribution in [2.45, 2.75) is 13.3 Å². The van der Waals surface area contributed by atoms with Crippen LogP contribution in [0.1, 0.15) is 17.6 Å². The first-order valence-corrected chi connectivity index (χ1v) is 5.68. The van der Waals surface area contributed by atoms with Crippen molar-refractivity contribution in [3.8, 4) is 11.6 Å². The van der Waals surface area contributed by atoms with E-state index >= 15 is 0 Å². The Balaban J connectivity index is 2.43. The third kappa shape index (κ3) is 2.90. The third-order valence-electron chi connectivity index (χ3n) is 2.42. The van der Waals surface area contributed by atoms with Crippen LogP contribution in [-0.4, -0.2) is 5.10 Å². The maximum Gasteiger partial charge on any atom is 0.411 e. The topological polar surface area (TPSA) is 49.1 Å². The van der Waals surface area contributed by atoms with Crippen LogP contribution < -0.4 is 9.58 Å². The Morgan fingerprint density at radius 2 is 2.05 bits per heavy atom. The molecule has 1 aromatic carbocycles. The largest absolute Gasteiger partial charge is 0.591 e. The van der Waals surface area contributed by atoms with E-state index < -0.39 is 6.43 Å². The van der Waals surface area contributed by atoms with Gasteiger partial charge < -0.3 is 9.94 Å². The summed E-state index contributed by atoms with van der Waals surface area (Å²) in [5.74, 6) is -0.271. The minimum atomic E-state index is -2.70. The number of aryl methyl sites for hydroxylation is 1. The average Bonchev–Trinajstić information content (AvgIpc) is 2.34. The molecule has 0 aliphatic carbocycles. The summed E-state index contributed by atoms with van der Waals surface area (Å²) in [6.45, 7) is 1.61. The number of aromatic nitrogens is 2. The van der Waals surface area contributed by atoms with Gasteiger partial charge in [-0.05, 0) is 29.5 Å². The van der Waals surface area contributed by atoms with E-state index in [2.05, 4.69) is 5.10 Å². The molecular weight excluding hydrogens is 278 g/mol. The predicted molar refractivity (Wildman–Crippen MR) is 64.4 cm³/mol. The summed E-state index contributed by atoms with van der Waals surface area (Å²) in [5.41, 5.74) is 0.211. The monoisotopic (exact) mass is 286 g/mol. The molecule has 4 nitrogen and oxygen atoms in total. The Labute approximate surface area is 112 Å². The van der Waals surface area contributed by atoms with E-state index in [0.29, 0.717) is 5.56 Å². The lowest BCUT2D eigenvalue weighted by Gasteiger charge is -2.11. The molecule has 1 heterocycles. The molecular formula is C12H9ClF2N2O2. The van der Waals surface area contributed by atoms with Crippen molar-refractivity contribution in [2.24, 2.45) is 0 Å². The number of alkyl halides is 2. The van der Waals surface area contributed by atoms with Crippen molar-refractivity contribution in [2.75, 3.05) is 0 Å². The molecule has 0 amide bonds. The molecule has 0 aliphatic heterocycles. The lowest BCUT2D eigenvalue weighted by Crippen LogP contribution is -2.32. The van der Waals surface area contributed by atoms with Crippen LogP contribution in [0, 0.1) is 12.1 Å². The first-order valence-electron chi connectivity index (χ1n) is 5.31. The van der Waals surface area contributed by atoms with Gasteiger partial charge in [0.25, 0.3) is 6.43 Å². The van der Waals surface area contributed by atoms with E-state index in [1.165, 1.54) is 24.3 Å². The molecule has 0 unspecified atom stereocenters. The molecule has 0 spiro atoms. The van der Waals surface area contributed by atoms with Gasteiger partial charge in [0.2, 0.25) is 0 Å². The van der Waals surface area contributed by atoms with Gasteiger partial charge in [-0.15, -0.1) is 0 Å². The number of ether oxygens (including phenoxy) is 1. The maximum absolute atomic E-state index is 12.9. The van der Waals surface area contributed by atoms with Gasteiger partial charge in [0, 0.05) is 5.10 Å². The van der Waals surface area contributed by atoms with Crippen molar-refractivity contribution in [3.05, 3.63) is 51.8 Å². The Kier molecular flexibility index (Phi) is 3.80. The Hall–Kier alpha value is -1.95. The van der Waals surface area contributed by atoms with Crippen LogP contribution in [0.25, 0.3) is 0 Å². The number of para-hydroxylation sites is 1. The minimum Gasteiger partial charge on any atom is -0.591 e. The molecule has 7 heteroatoms. The normalized spacial score (nSPS) is 10.8. The lowest BCUT2D eigenvalue weighted by molar-refractivity contribution is -0.673. The standard InChI is InChI=1S/C12H9ClF2N2O2/c1-7-3-2-4-8(12(14)15)11(7)19-10-6-5-9(13)16-17(10)18/h2-6,12H,1H3. The Bertz CT molecular complexity index is 608. The molecule has 19 heavy (non-hydrogen) atoms. The van der Waals surface area contributed by atoms with Gasteiger partial charge in [0.1, 0.15) is 5.75 Å². The zero-order valence-corrected chi connectivity index (χ0v) is 10.6. The van der Waals surface area contributed by atoms with Gasteiger partial charge >= 0.3 is 5.88 Å². The van der Waals surface area contributed by atoms with Crippen LogP contribution in [0.5, 0.6) is 11.6 Å². The third-order valence-corrected chi connectivity index (χ3v) is 2.62. The van der Waals surface area contributed by atoms with Gasteiger partial charge in [-0.2, -0.15) is 0 Å². The highest BCUT2D eigenvalue weighted by Crippen LogP contribution is 2.34. The van der Waals surface area contributed by atoms with Gasteiger partial charge in [-0.3, -0.25) is 0 Å². The molecule has 0 saturated heterocycles. The molecule has 0 N–H and O–H groups in total. The van der Waals surface area contributed by atoms with Crippen LogP contribution in [0.3, 0.4) is 0 Å². The van der Waals surface area contributed by atoms with Crippen LogP contribution in [0.4, 0.5) is 8.78 Å². The van der Waals surface area contributed by atoms with E-state index in [9.17, 15) is 14.0 Å². The number of halogens is 3. The summed E-state index contributed by atoms with van der Waals surface area (Å²) in [6, 6.07) is 6.95. The molecule has 0 saturated carbocycles. The van der Waals surface area contributed by atoms with Crippen molar-refractivity contribution >= 4 is 11.6 Å². The average molecular weight is 287 g/mol. The maximum atomic E-state index is 12.9. The van der Waals surface area contributed by atoms with E-state index in [1.54, 1.807) is 13.0 Å². The van der Waals surface area contributed by atoms with Crippen molar-refractivity contribution in [3.63, 3.8) is 0 Å². The number of rotatable bonds is 3. The molecule has 0 atom stereocenters. The van der Waals surface area contributed by atoms with E-state index in [-0.39, 0.29) is 27.2 Å². The van der Waals surface area contributed by atoms with E-state index in [1.807, 2.05) is 0 Å². The molecule has 0 bridgehead atoms. The number of hydrogen-bond acceptors (Lipinski definition) is 3. The number of benzene rings is 1. The quantitative estimate of drug-likeness (QED) is 0.642. The van der Waals surface area contributed by atoms with Crippen LogP contribution in [0.15, 0.2) is 30.3 Å². The summed E-state index contributed by atoms with van der Waals surface area (Å²) in [5, 5.41) is 14.8. The zero-order chi connectivity index (χ0) is 14.0. The summed E-state index contributed by atoms with van der Waals surface area (Å²) >= 11 is 5.53. The molecule has 0 radical (unpaired) electrons. The fourth-order valence-corrected chi connectivity index (χ4v) is 1.67. The minimum absolute atomic E-state index is 0.0128. The Morgan fingerprint density at radius 1 is 1.32 bits per heavy atom. The second-order valence-corrected chi connectivity index (χ2v) is 4.15. The second kappa shape index (κ2) is 5.36. The van der Waals surface area contributed by atoms with Gasteiger partial charge in [0.05, 0.1) is 11.6 Å². The van der Waals surface area contributed by atoms with E-state index in [0.717, 1.165) is 0 Å². The first-order chi connectivity index (χ1) is 8.99. The van der Waals surface area contributed by atoms with Gasteiger partial charge in [-0.25, -0.2) is 8.78 Å². The highest BCUT2D eigenvalue weighted by Gasteiger charge is 2.20. The molecule has 2 aromatic rings. The lowest BCUT2D eigenvalue weighted by atomic mass is 10.1. The van der Waals surface area contributed by atoms with Crippen LogP contribution >= 0.6 is 11.6 Å². The van der Waals surface area contributed by atoms with Crippen LogP contribution in [0.2, 0.25) is 5.15 Å². The molecule has 100 valence electrons. The number of hydrogen-bond donors (Lipinski definition) is 0. The zero-order valence-electron chi connectivity index (χ0n) is 9.81. The Morgan fingerprint density at radius 3 is 2.68 bits per heavy atom. The SMILES string of the molecule is Cc1cccc(C(F)F)c1Oc1ccc(Cl)n[n+]1[O-]. The molecule has 0 fully saturated rings. The fraction of sp³-hybridized carbons (Fsp3) is 0.167. The summed E-state index contributed by atoms with van der Waals surface area (Å²) in [6.07, 6.45) is -2.70. The molecule has 0 aliphatic rings. The van der Waals surface area contributed by atoms with Crippen molar-refractivity contribution in [1.29, 1.82) is 0 Å². The highest BCUT2D eigenvalue weighted by molar-refractivity contribution is 6.29. The predicted octanol–water partition coefficient (Wildman–Crippen LogP) is 3.41. The van der Waals surface area contributed by atoms with Gasteiger partial charge in [0.15, 0.2) is 5.15 Å².